The van der Waals surface area contributed by atoms with Crippen LogP contribution in [0.1, 0.15) is 69.0 Å². The van der Waals surface area contributed by atoms with Crippen molar-refractivity contribution in [2.24, 2.45) is 11.8 Å². The number of amides is 2. The quantitative estimate of drug-likeness (QED) is 0.297. The zero-order valence-electron chi connectivity index (χ0n) is 28.0. The highest BCUT2D eigenvalue weighted by Gasteiger charge is 2.43. The molecule has 3 N–H and O–H groups in total. The lowest BCUT2D eigenvalue weighted by molar-refractivity contribution is -0.141. The van der Waals surface area contributed by atoms with Crippen LogP contribution in [0, 0.1) is 18.8 Å². The number of nitrogens with zero attached hydrogens (tertiary/aromatic N) is 5. The van der Waals surface area contributed by atoms with Crippen molar-refractivity contribution in [1.82, 2.24) is 30.6 Å². The van der Waals surface area contributed by atoms with Gasteiger partial charge in [0.2, 0.25) is 11.8 Å². The number of aromatic nitrogens is 2. The van der Waals surface area contributed by atoms with E-state index in [0.717, 1.165) is 79.2 Å². The predicted octanol–water partition coefficient (Wildman–Crippen LogP) is 3.81. The maximum atomic E-state index is 14.1. The summed E-state index contributed by atoms with van der Waals surface area (Å²) in [7, 11) is 0. The molecule has 2 aromatic heterocycles. The first-order valence-electron chi connectivity index (χ1n) is 17.1. The van der Waals surface area contributed by atoms with E-state index in [4.69, 9.17) is 4.52 Å². The fraction of sp³-hybridized carbons (Fsp3) is 0.600. The second kappa shape index (κ2) is 14.8. The van der Waals surface area contributed by atoms with E-state index in [2.05, 4.69) is 30.6 Å². The molecular formula is C35H49N7O4S. The van der Waals surface area contributed by atoms with Crippen LogP contribution in [0.25, 0.3) is 10.4 Å². The highest BCUT2D eigenvalue weighted by molar-refractivity contribution is 7.13. The summed E-state index contributed by atoms with van der Waals surface area (Å²) in [6.45, 7) is 15.1. The molecule has 0 saturated carbocycles. The SMILES string of the molecule is Cc1ncsc1-c1ccc([C@H](C)NC(=O)[C@@H]2C[C@@H](O)CN2C(=O)[C@@H](c2cc(N3CCN(CC4CCNCC4)CC3)no2)C(C)C)cc1. The Kier molecular flexibility index (Phi) is 10.6. The van der Waals surface area contributed by atoms with Gasteiger partial charge in [-0.3, -0.25) is 14.5 Å². The first kappa shape index (κ1) is 33.6. The number of aliphatic hydroxyl groups excluding tert-OH is 1. The molecule has 254 valence electrons. The van der Waals surface area contributed by atoms with Gasteiger partial charge in [-0.2, -0.15) is 0 Å². The Hall–Kier alpha value is -3.32. The van der Waals surface area contributed by atoms with Crippen molar-refractivity contribution < 1.29 is 19.2 Å². The van der Waals surface area contributed by atoms with Gasteiger partial charge in [0.25, 0.3) is 0 Å². The number of carbonyl (C=O) groups is 2. The standard InChI is InChI=1S/C35H49N7O4S/c1-22(2)32(30-18-31(39-46-30)41-15-13-40(14-16-41)19-25-9-11-36-12-10-25)35(45)42-20-28(43)17-29(42)34(44)38-23(3)26-5-7-27(8-6-26)33-24(4)37-21-47-33/h5-8,18,21-23,25,28-29,32,36,43H,9-17,19-20H2,1-4H3,(H,38,44)/t23-,28+,29-,32+/m0/s1. The third-order valence-corrected chi connectivity index (χ3v) is 11.0. The van der Waals surface area contributed by atoms with Crippen molar-refractivity contribution in [3.63, 3.8) is 0 Å². The number of anilines is 1. The van der Waals surface area contributed by atoms with Gasteiger partial charge in [-0.15, -0.1) is 11.3 Å². The molecule has 3 aliphatic heterocycles. The summed E-state index contributed by atoms with van der Waals surface area (Å²) < 4.78 is 5.83. The summed E-state index contributed by atoms with van der Waals surface area (Å²) in [5.41, 5.74) is 4.89. The molecule has 3 aliphatic rings. The van der Waals surface area contributed by atoms with Crippen LogP contribution in [0.4, 0.5) is 5.82 Å². The fourth-order valence-electron chi connectivity index (χ4n) is 7.28. The molecule has 3 aromatic rings. The Morgan fingerprint density at radius 2 is 1.83 bits per heavy atom. The van der Waals surface area contributed by atoms with Gasteiger partial charge in [-0.25, -0.2) is 4.98 Å². The van der Waals surface area contributed by atoms with Crippen LogP contribution in [0.15, 0.2) is 40.4 Å². The van der Waals surface area contributed by atoms with Gasteiger partial charge in [-0.05, 0) is 62.7 Å². The third-order valence-electron chi connectivity index (χ3n) is 10.1. The number of benzene rings is 1. The number of hydrogen-bond acceptors (Lipinski definition) is 10. The summed E-state index contributed by atoms with van der Waals surface area (Å²) in [6.07, 6.45) is 1.91. The Morgan fingerprint density at radius 1 is 1.11 bits per heavy atom. The molecule has 4 atom stereocenters. The summed E-state index contributed by atoms with van der Waals surface area (Å²) in [6, 6.07) is 8.96. The molecule has 3 saturated heterocycles. The molecular weight excluding hydrogens is 614 g/mol. The maximum Gasteiger partial charge on any atom is 0.243 e. The van der Waals surface area contributed by atoms with Crippen LogP contribution in [-0.4, -0.2) is 101 Å². The van der Waals surface area contributed by atoms with Gasteiger partial charge in [-0.1, -0.05) is 43.3 Å². The summed E-state index contributed by atoms with van der Waals surface area (Å²) in [5, 5.41) is 21.5. The average molecular weight is 664 g/mol. The minimum absolute atomic E-state index is 0.0915. The Bertz CT molecular complexity index is 1490. The molecule has 0 bridgehead atoms. The van der Waals surface area contributed by atoms with E-state index in [1.807, 2.05) is 63.5 Å². The van der Waals surface area contributed by atoms with Crippen molar-refractivity contribution in [3.8, 4) is 10.4 Å². The van der Waals surface area contributed by atoms with E-state index in [9.17, 15) is 14.7 Å². The largest absolute Gasteiger partial charge is 0.391 e. The Balaban J connectivity index is 1.08. The second-order valence-electron chi connectivity index (χ2n) is 13.8. The van der Waals surface area contributed by atoms with E-state index in [-0.39, 0.29) is 36.7 Å². The van der Waals surface area contributed by atoms with Crippen molar-refractivity contribution in [2.75, 3.05) is 57.3 Å². The molecule has 0 unspecified atom stereocenters. The molecule has 0 aliphatic carbocycles. The van der Waals surface area contributed by atoms with E-state index in [1.165, 1.54) is 17.7 Å². The highest BCUT2D eigenvalue weighted by atomic mass is 32.1. The van der Waals surface area contributed by atoms with Crippen LogP contribution < -0.4 is 15.5 Å². The smallest absolute Gasteiger partial charge is 0.243 e. The lowest BCUT2D eigenvalue weighted by atomic mass is 9.91. The van der Waals surface area contributed by atoms with Gasteiger partial charge >= 0.3 is 0 Å². The number of rotatable bonds is 10. The number of carbonyl (C=O) groups excluding carboxylic acids is 2. The predicted molar refractivity (Wildman–Crippen MR) is 183 cm³/mol. The number of piperazine rings is 1. The second-order valence-corrected chi connectivity index (χ2v) is 14.7. The number of aryl methyl sites for hydroxylation is 1. The zero-order valence-corrected chi connectivity index (χ0v) is 28.8. The van der Waals surface area contributed by atoms with Crippen LogP contribution in [0.2, 0.25) is 0 Å². The number of likely N-dealkylation sites (tertiary alicyclic amines) is 1. The number of aliphatic hydroxyl groups is 1. The van der Waals surface area contributed by atoms with Gasteiger partial charge in [0, 0.05) is 51.8 Å². The van der Waals surface area contributed by atoms with Gasteiger partial charge in [0.1, 0.15) is 12.0 Å². The topological polar surface area (TPSA) is 127 Å². The fourth-order valence-corrected chi connectivity index (χ4v) is 8.09. The molecule has 6 rings (SSSR count). The molecule has 0 radical (unpaired) electrons. The van der Waals surface area contributed by atoms with E-state index < -0.39 is 18.1 Å². The van der Waals surface area contributed by atoms with Crippen molar-refractivity contribution in [1.29, 1.82) is 0 Å². The number of thiazole rings is 1. The third kappa shape index (κ3) is 7.72. The normalized spacial score (nSPS) is 22.5. The van der Waals surface area contributed by atoms with E-state index >= 15 is 0 Å². The zero-order chi connectivity index (χ0) is 33.1. The lowest BCUT2D eigenvalue weighted by Crippen LogP contribution is -2.49. The Labute approximate surface area is 281 Å². The number of hydrogen-bond donors (Lipinski definition) is 3. The molecule has 2 amide bonds. The van der Waals surface area contributed by atoms with Gasteiger partial charge in [0.05, 0.1) is 28.2 Å². The molecule has 0 spiro atoms. The highest BCUT2D eigenvalue weighted by Crippen LogP contribution is 2.33. The first-order valence-corrected chi connectivity index (χ1v) is 18.0. The number of piperidine rings is 1. The van der Waals surface area contributed by atoms with Gasteiger partial charge < -0.3 is 30.1 Å². The minimum Gasteiger partial charge on any atom is -0.391 e. The molecule has 1 aromatic carbocycles. The van der Waals surface area contributed by atoms with Crippen molar-refractivity contribution in [2.45, 2.75) is 71.1 Å². The van der Waals surface area contributed by atoms with Crippen molar-refractivity contribution >= 4 is 29.0 Å². The lowest BCUT2D eigenvalue weighted by Gasteiger charge is -2.37. The van der Waals surface area contributed by atoms with Crippen molar-refractivity contribution in [3.05, 3.63) is 52.9 Å². The number of β-amino-alcohol motifs (C(OH)–C–C–N with tert-alkyl or cyclic N) is 1. The maximum absolute atomic E-state index is 14.1. The van der Waals surface area contributed by atoms with Crippen LogP contribution in [0.3, 0.4) is 0 Å². The van der Waals surface area contributed by atoms with Crippen LogP contribution >= 0.6 is 11.3 Å². The first-order chi connectivity index (χ1) is 22.7. The summed E-state index contributed by atoms with van der Waals surface area (Å²) in [4.78, 5) is 39.5. The molecule has 3 fully saturated rings. The molecule has 12 heteroatoms. The molecule has 47 heavy (non-hydrogen) atoms. The Morgan fingerprint density at radius 3 is 2.49 bits per heavy atom. The average Bonchev–Trinajstić information content (AvgIpc) is 3.82. The summed E-state index contributed by atoms with van der Waals surface area (Å²) >= 11 is 1.61. The van der Waals surface area contributed by atoms with Gasteiger partial charge in [0.15, 0.2) is 11.6 Å². The minimum atomic E-state index is -0.772. The summed E-state index contributed by atoms with van der Waals surface area (Å²) in [5.74, 6) is 0.826. The number of nitrogens with one attached hydrogen (secondary N) is 2. The molecule has 5 heterocycles. The van der Waals surface area contributed by atoms with Crippen LogP contribution in [0.5, 0.6) is 0 Å². The molecule has 11 nitrogen and oxygen atoms in total. The van der Waals surface area contributed by atoms with Crippen LogP contribution in [-0.2, 0) is 9.59 Å². The monoisotopic (exact) mass is 663 g/mol. The van der Waals surface area contributed by atoms with E-state index in [1.54, 1.807) is 11.3 Å². The van der Waals surface area contributed by atoms with E-state index in [0.29, 0.717) is 5.76 Å².